The molecule has 0 radical (unpaired) electrons. The molecule has 2 atom stereocenters. The topological polar surface area (TPSA) is 48.9 Å². The molecule has 0 aliphatic carbocycles. The fourth-order valence-corrected chi connectivity index (χ4v) is 4.68. The average Bonchev–Trinajstić information content (AvgIpc) is 3.05. The van der Waals surface area contributed by atoms with Crippen molar-refractivity contribution in [1.82, 2.24) is 19.7 Å². The first-order chi connectivity index (χ1) is 12.6. The van der Waals surface area contributed by atoms with E-state index < -0.39 is 0 Å². The van der Waals surface area contributed by atoms with Crippen LogP contribution in [0.4, 0.5) is 0 Å². The number of carbonyl (C=O) groups is 1. The van der Waals surface area contributed by atoms with E-state index in [1.54, 1.807) is 12.4 Å². The van der Waals surface area contributed by atoms with Crippen LogP contribution in [0.2, 0.25) is 0 Å². The van der Waals surface area contributed by atoms with Gasteiger partial charge in [-0.3, -0.25) is 9.78 Å². The van der Waals surface area contributed by atoms with Gasteiger partial charge in [0.15, 0.2) is 0 Å². The standard InChI is InChI=1S/C20H30N4O2/c1-22-8-10-23(11-9-22)14-17-12-20(26-15-17)5-3-7-24(16-20)19(25)18-4-2-6-21-13-18/h2,4,6,13,17H,3,5,7-12,14-16H2,1H3/t17-,20-/m1/s1. The molecule has 1 aromatic heterocycles. The van der Waals surface area contributed by atoms with Crippen molar-refractivity contribution >= 4 is 5.91 Å². The van der Waals surface area contributed by atoms with Crippen LogP contribution in [-0.4, -0.2) is 90.7 Å². The van der Waals surface area contributed by atoms with Gasteiger partial charge < -0.3 is 19.4 Å². The molecule has 142 valence electrons. The Kier molecular flexibility index (Phi) is 5.25. The summed E-state index contributed by atoms with van der Waals surface area (Å²) in [7, 11) is 2.20. The summed E-state index contributed by atoms with van der Waals surface area (Å²) >= 11 is 0. The van der Waals surface area contributed by atoms with Gasteiger partial charge in [0.2, 0.25) is 0 Å². The van der Waals surface area contributed by atoms with E-state index >= 15 is 0 Å². The minimum Gasteiger partial charge on any atom is -0.373 e. The molecule has 1 aromatic rings. The van der Waals surface area contributed by atoms with E-state index in [0.29, 0.717) is 11.5 Å². The molecule has 1 spiro atoms. The second-order valence-corrected chi connectivity index (χ2v) is 8.24. The first-order valence-corrected chi connectivity index (χ1v) is 9.88. The van der Waals surface area contributed by atoms with Gasteiger partial charge in [-0.05, 0) is 44.4 Å². The van der Waals surface area contributed by atoms with Gasteiger partial charge in [-0.15, -0.1) is 0 Å². The van der Waals surface area contributed by atoms with Crippen LogP contribution >= 0.6 is 0 Å². The third-order valence-electron chi connectivity index (χ3n) is 6.13. The number of nitrogens with zero attached hydrogens (tertiary/aromatic N) is 4. The lowest BCUT2D eigenvalue weighted by molar-refractivity contribution is -0.0451. The van der Waals surface area contributed by atoms with Crippen molar-refractivity contribution in [2.45, 2.75) is 24.9 Å². The molecule has 0 saturated carbocycles. The molecule has 6 heteroatoms. The zero-order valence-corrected chi connectivity index (χ0v) is 15.8. The summed E-state index contributed by atoms with van der Waals surface area (Å²) in [6.45, 7) is 8.14. The summed E-state index contributed by atoms with van der Waals surface area (Å²) in [5.41, 5.74) is 0.546. The van der Waals surface area contributed by atoms with Crippen molar-refractivity contribution in [3.8, 4) is 0 Å². The lowest BCUT2D eigenvalue weighted by atomic mass is 9.86. The molecule has 3 saturated heterocycles. The molecular weight excluding hydrogens is 328 g/mol. The first kappa shape index (κ1) is 17.9. The molecule has 4 rings (SSSR count). The predicted molar refractivity (Wildman–Crippen MR) is 100 cm³/mol. The van der Waals surface area contributed by atoms with Crippen molar-refractivity contribution in [2.75, 3.05) is 59.5 Å². The zero-order chi connectivity index (χ0) is 18.0. The van der Waals surface area contributed by atoms with Crippen molar-refractivity contribution in [1.29, 1.82) is 0 Å². The fraction of sp³-hybridized carbons (Fsp3) is 0.700. The van der Waals surface area contributed by atoms with Gasteiger partial charge in [-0.1, -0.05) is 0 Å². The Morgan fingerprint density at radius 1 is 1.31 bits per heavy atom. The van der Waals surface area contributed by atoms with E-state index in [2.05, 4.69) is 21.8 Å². The van der Waals surface area contributed by atoms with Gasteiger partial charge in [0.05, 0.1) is 17.8 Å². The zero-order valence-electron chi connectivity index (χ0n) is 15.8. The highest BCUT2D eigenvalue weighted by molar-refractivity contribution is 5.94. The highest BCUT2D eigenvalue weighted by Crippen LogP contribution is 2.38. The number of likely N-dealkylation sites (N-methyl/N-ethyl adjacent to an activating group) is 1. The van der Waals surface area contributed by atoms with E-state index in [-0.39, 0.29) is 11.5 Å². The van der Waals surface area contributed by atoms with E-state index in [9.17, 15) is 4.79 Å². The number of ether oxygens (including phenoxy) is 1. The highest BCUT2D eigenvalue weighted by atomic mass is 16.5. The van der Waals surface area contributed by atoms with Crippen LogP contribution in [0.1, 0.15) is 29.6 Å². The van der Waals surface area contributed by atoms with Crippen LogP contribution in [0.25, 0.3) is 0 Å². The normalized spacial score (nSPS) is 30.8. The minimum absolute atomic E-state index is 0.0864. The lowest BCUT2D eigenvalue weighted by Gasteiger charge is -2.40. The Balaban J connectivity index is 1.34. The summed E-state index contributed by atoms with van der Waals surface area (Å²) < 4.78 is 6.33. The van der Waals surface area contributed by atoms with E-state index in [4.69, 9.17) is 4.74 Å². The Morgan fingerprint density at radius 3 is 2.92 bits per heavy atom. The largest absolute Gasteiger partial charge is 0.373 e. The minimum atomic E-state index is -0.132. The molecule has 0 bridgehead atoms. The Bertz CT molecular complexity index is 617. The number of hydrogen-bond acceptors (Lipinski definition) is 5. The maximum atomic E-state index is 12.8. The maximum absolute atomic E-state index is 12.8. The van der Waals surface area contributed by atoms with Crippen LogP contribution in [0.15, 0.2) is 24.5 Å². The van der Waals surface area contributed by atoms with Crippen LogP contribution in [0.5, 0.6) is 0 Å². The first-order valence-electron chi connectivity index (χ1n) is 9.88. The predicted octanol–water partition coefficient (Wildman–Crippen LogP) is 1.34. The van der Waals surface area contributed by atoms with Crippen LogP contribution in [0, 0.1) is 5.92 Å². The van der Waals surface area contributed by atoms with Gasteiger partial charge in [0, 0.05) is 58.2 Å². The highest BCUT2D eigenvalue weighted by Gasteiger charge is 2.44. The molecule has 0 N–H and O–H groups in total. The molecule has 3 aliphatic heterocycles. The van der Waals surface area contributed by atoms with E-state index in [0.717, 1.165) is 71.7 Å². The molecule has 6 nitrogen and oxygen atoms in total. The number of piperazine rings is 1. The Hall–Kier alpha value is -1.50. The summed E-state index contributed by atoms with van der Waals surface area (Å²) in [5, 5.41) is 0. The Morgan fingerprint density at radius 2 is 2.15 bits per heavy atom. The third-order valence-corrected chi connectivity index (χ3v) is 6.13. The van der Waals surface area contributed by atoms with E-state index in [1.807, 2.05) is 17.0 Å². The number of hydrogen-bond donors (Lipinski definition) is 0. The van der Waals surface area contributed by atoms with Gasteiger partial charge >= 0.3 is 0 Å². The number of amides is 1. The number of aromatic nitrogens is 1. The number of likely N-dealkylation sites (tertiary alicyclic amines) is 1. The number of pyridine rings is 1. The molecule has 3 fully saturated rings. The number of piperidine rings is 1. The van der Waals surface area contributed by atoms with Crippen molar-refractivity contribution in [3.63, 3.8) is 0 Å². The maximum Gasteiger partial charge on any atom is 0.255 e. The molecule has 4 heterocycles. The second-order valence-electron chi connectivity index (χ2n) is 8.24. The monoisotopic (exact) mass is 358 g/mol. The molecule has 0 unspecified atom stereocenters. The van der Waals surface area contributed by atoms with E-state index in [1.165, 1.54) is 0 Å². The van der Waals surface area contributed by atoms with Crippen LogP contribution in [-0.2, 0) is 4.74 Å². The smallest absolute Gasteiger partial charge is 0.255 e. The van der Waals surface area contributed by atoms with Gasteiger partial charge in [0.1, 0.15) is 0 Å². The average molecular weight is 358 g/mol. The number of carbonyl (C=O) groups excluding carboxylic acids is 1. The quantitative estimate of drug-likeness (QED) is 0.816. The van der Waals surface area contributed by atoms with Crippen molar-refractivity contribution in [2.24, 2.45) is 5.92 Å². The lowest BCUT2D eigenvalue weighted by Crippen LogP contribution is -2.50. The summed E-state index contributed by atoms with van der Waals surface area (Å²) in [5.74, 6) is 0.676. The summed E-state index contributed by atoms with van der Waals surface area (Å²) in [4.78, 5) is 23.8. The Labute approximate surface area is 156 Å². The van der Waals surface area contributed by atoms with Crippen molar-refractivity contribution < 1.29 is 9.53 Å². The van der Waals surface area contributed by atoms with Crippen molar-refractivity contribution in [3.05, 3.63) is 30.1 Å². The second kappa shape index (κ2) is 7.62. The van der Waals surface area contributed by atoms with Crippen LogP contribution < -0.4 is 0 Å². The molecule has 0 aromatic carbocycles. The summed E-state index contributed by atoms with van der Waals surface area (Å²) in [6, 6.07) is 3.67. The van der Waals surface area contributed by atoms with Gasteiger partial charge in [0.25, 0.3) is 5.91 Å². The molecule has 26 heavy (non-hydrogen) atoms. The third kappa shape index (κ3) is 3.92. The fourth-order valence-electron chi connectivity index (χ4n) is 4.68. The SMILES string of the molecule is CN1CCN(C[C@@H]2CO[C@]3(CCCN(C(=O)c4cccnc4)C3)C2)CC1. The summed E-state index contributed by atoms with van der Waals surface area (Å²) in [6.07, 6.45) is 6.54. The number of rotatable bonds is 3. The van der Waals surface area contributed by atoms with Gasteiger partial charge in [-0.25, -0.2) is 0 Å². The molecule has 1 amide bonds. The molecular formula is C20H30N4O2. The van der Waals surface area contributed by atoms with Crippen LogP contribution in [0.3, 0.4) is 0 Å². The van der Waals surface area contributed by atoms with Gasteiger partial charge in [-0.2, -0.15) is 0 Å². The molecule has 3 aliphatic rings.